The zero-order chi connectivity index (χ0) is 15.4. The molecule has 1 aliphatic heterocycles. The molecule has 1 aromatic rings. The summed E-state index contributed by atoms with van der Waals surface area (Å²) in [7, 11) is -6.74. The Labute approximate surface area is 119 Å². The molecule has 2 N–H and O–H groups in total. The molecule has 0 fully saturated rings. The van der Waals surface area contributed by atoms with Crippen molar-refractivity contribution < 1.29 is 21.4 Å². The van der Waals surface area contributed by atoms with Gasteiger partial charge < -0.3 is 5.32 Å². The molecule has 1 heterocycles. The maximum absolute atomic E-state index is 11.4. The highest BCUT2D eigenvalue weighted by molar-refractivity contribution is 7.90. The van der Waals surface area contributed by atoms with Crippen molar-refractivity contribution in [3.05, 3.63) is 29.3 Å². The molecular formula is C12H19NO5S2. The summed E-state index contributed by atoms with van der Waals surface area (Å²) in [6, 6.07) is 5.47. The smallest absolute Gasteiger partial charge is 0.261 e. The summed E-state index contributed by atoms with van der Waals surface area (Å²) in [5.74, 6) is 0. The predicted molar refractivity (Wildman–Crippen MR) is 77.3 cm³/mol. The molecule has 0 spiro atoms. The van der Waals surface area contributed by atoms with Gasteiger partial charge in [0.1, 0.15) is 0 Å². The lowest BCUT2D eigenvalue weighted by Crippen LogP contribution is -2.16. The molecule has 8 heteroatoms. The first-order chi connectivity index (χ1) is 9.07. The van der Waals surface area contributed by atoms with Gasteiger partial charge in [0.2, 0.25) is 0 Å². The zero-order valence-corrected chi connectivity index (χ0v) is 13.1. The summed E-state index contributed by atoms with van der Waals surface area (Å²) >= 11 is 0. The maximum atomic E-state index is 11.4. The van der Waals surface area contributed by atoms with E-state index in [1.165, 1.54) is 17.4 Å². The van der Waals surface area contributed by atoms with Gasteiger partial charge in [0.25, 0.3) is 10.1 Å². The normalized spacial score (nSPS) is 15.6. The van der Waals surface area contributed by atoms with Crippen molar-refractivity contribution in [3.8, 4) is 0 Å². The van der Waals surface area contributed by atoms with Crippen LogP contribution in [0.5, 0.6) is 0 Å². The van der Waals surface area contributed by atoms with Crippen molar-refractivity contribution in [3.63, 3.8) is 0 Å². The second-order valence-corrected chi connectivity index (χ2v) is 8.17. The molecule has 114 valence electrons. The van der Waals surface area contributed by atoms with Gasteiger partial charge in [-0.25, -0.2) is 8.42 Å². The Kier molecular flexibility index (Phi) is 5.69. The maximum Gasteiger partial charge on any atom is 0.261 e. The Morgan fingerprint density at radius 3 is 2.00 bits per heavy atom. The van der Waals surface area contributed by atoms with Crippen LogP contribution in [0, 0.1) is 0 Å². The van der Waals surface area contributed by atoms with Crippen LogP contribution in [0.4, 0.5) is 0 Å². The van der Waals surface area contributed by atoms with Gasteiger partial charge in [0.05, 0.1) is 11.2 Å². The quantitative estimate of drug-likeness (QED) is 0.721. The van der Waals surface area contributed by atoms with E-state index in [-0.39, 0.29) is 0 Å². The SMILES string of the molecule is CS(=O)(=O)O.CS(=O)(=O)c1ccc2c(c1)CCNCC2. The molecular weight excluding hydrogens is 302 g/mol. The van der Waals surface area contributed by atoms with E-state index < -0.39 is 20.0 Å². The average molecular weight is 321 g/mol. The Balaban J connectivity index is 0.000000347. The van der Waals surface area contributed by atoms with Crippen molar-refractivity contribution in [2.45, 2.75) is 17.7 Å². The van der Waals surface area contributed by atoms with E-state index in [0.29, 0.717) is 11.2 Å². The van der Waals surface area contributed by atoms with Crippen LogP contribution in [-0.4, -0.2) is 47.0 Å². The highest BCUT2D eigenvalue weighted by Crippen LogP contribution is 2.18. The van der Waals surface area contributed by atoms with Crippen LogP contribution < -0.4 is 5.32 Å². The van der Waals surface area contributed by atoms with Crippen LogP contribution in [0.1, 0.15) is 11.1 Å². The molecule has 0 amide bonds. The first-order valence-electron chi connectivity index (χ1n) is 6.02. The summed E-state index contributed by atoms with van der Waals surface area (Å²) in [4.78, 5) is 0.433. The van der Waals surface area contributed by atoms with Crippen molar-refractivity contribution >= 4 is 20.0 Å². The lowest BCUT2D eigenvalue weighted by atomic mass is 10.0. The standard InChI is InChI=1S/C11H15NO2S.CH4O3S/c1-15(13,14)11-3-2-9-4-6-12-7-5-10(9)8-11;1-5(2,3)4/h2-3,8,12H,4-7H2,1H3;1H3,(H,2,3,4). The van der Waals surface area contributed by atoms with E-state index in [9.17, 15) is 16.8 Å². The van der Waals surface area contributed by atoms with Gasteiger partial charge in [0, 0.05) is 6.26 Å². The largest absolute Gasteiger partial charge is 0.316 e. The summed E-state index contributed by atoms with van der Waals surface area (Å²) < 4.78 is 48.6. The fraction of sp³-hybridized carbons (Fsp3) is 0.500. The van der Waals surface area contributed by atoms with E-state index in [2.05, 4.69) is 5.32 Å². The fourth-order valence-corrected chi connectivity index (χ4v) is 2.55. The van der Waals surface area contributed by atoms with E-state index >= 15 is 0 Å². The molecule has 0 aliphatic carbocycles. The molecule has 0 bridgehead atoms. The van der Waals surface area contributed by atoms with Gasteiger partial charge in [-0.05, 0) is 49.2 Å². The summed E-state index contributed by atoms with van der Waals surface area (Å²) in [5, 5.41) is 3.30. The fourth-order valence-electron chi connectivity index (χ4n) is 1.88. The highest BCUT2D eigenvalue weighted by Gasteiger charge is 2.12. The number of nitrogens with one attached hydrogen (secondary N) is 1. The lowest BCUT2D eigenvalue weighted by Gasteiger charge is -2.06. The van der Waals surface area contributed by atoms with E-state index in [1.807, 2.05) is 12.1 Å². The predicted octanol–water partition coefficient (Wildman–Crippen LogP) is 0.282. The Hall–Kier alpha value is -0.960. The second kappa shape index (κ2) is 6.66. The second-order valence-electron chi connectivity index (χ2n) is 4.69. The summed E-state index contributed by atoms with van der Waals surface area (Å²) in [6.07, 6.45) is 3.87. The molecule has 1 aliphatic rings. The molecule has 20 heavy (non-hydrogen) atoms. The molecule has 0 radical (unpaired) electrons. The number of benzene rings is 1. The third-order valence-electron chi connectivity index (χ3n) is 2.75. The van der Waals surface area contributed by atoms with Crippen molar-refractivity contribution in [1.82, 2.24) is 5.32 Å². The zero-order valence-electron chi connectivity index (χ0n) is 11.5. The van der Waals surface area contributed by atoms with Gasteiger partial charge in [-0.15, -0.1) is 0 Å². The molecule has 0 unspecified atom stereocenters. The molecule has 0 atom stereocenters. The minimum atomic E-state index is -3.67. The first kappa shape index (κ1) is 17.1. The number of sulfone groups is 1. The molecule has 6 nitrogen and oxygen atoms in total. The minimum absolute atomic E-state index is 0.433. The van der Waals surface area contributed by atoms with Crippen molar-refractivity contribution in [2.75, 3.05) is 25.6 Å². The topological polar surface area (TPSA) is 101 Å². The number of rotatable bonds is 1. The van der Waals surface area contributed by atoms with Crippen LogP contribution in [0.15, 0.2) is 23.1 Å². The monoisotopic (exact) mass is 321 g/mol. The number of hydrogen-bond donors (Lipinski definition) is 2. The summed E-state index contributed by atoms with van der Waals surface area (Å²) in [6.45, 7) is 1.91. The number of fused-ring (bicyclic) bond motifs is 1. The van der Waals surface area contributed by atoms with Crippen LogP contribution in [-0.2, 0) is 32.8 Å². The Morgan fingerprint density at radius 2 is 1.50 bits per heavy atom. The van der Waals surface area contributed by atoms with Gasteiger partial charge in [0.15, 0.2) is 9.84 Å². The van der Waals surface area contributed by atoms with Crippen molar-refractivity contribution in [1.29, 1.82) is 0 Å². The number of hydrogen-bond acceptors (Lipinski definition) is 5. The lowest BCUT2D eigenvalue weighted by molar-refractivity contribution is 0.490. The van der Waals surface area contributed by atoms with Crippen LogP contribution in [0.25, 0.3) is 0 Å². The first-order valence-corrected chi connectivity index (χ1v) is 9.76. The third-order valence-corrected chi connectivity index (χ3v) is 3.86. The van der Waals surface area contributed by atoms with E-state index in [1.54, 1.807) is 6.07 Å². The molecule has 0 saturated carbocycles. The summed E-state index contributed by atoms with van der Waals surface area (Å²) in [5.41, 5.74) is 2.44. The average Bonchev–Trinajstić information content (AvgIpc) is 2.49. The molecule has 1 aromatic carbocycles. The third kappa shape index (κ3) is 6.47. The molecule has 0 aromatic heterocycles. The van der Waals surface area contributed by atoms with Crippen LogP contribution in [0.2, 0.25) is 0 Å². The molecule has 0 saturated heterocycles. The minimum Gasteiger partial charge on any atom is -0.316 e. The van der Waals surface area contributed by atoms with Crippen molar-refractivity contribution in [2.24, 2.45) is 0 Å². The van der Waals surface area contributed by atoms with E-state index in [0.717, 1.165) is 25.9 Å². The van der Waals surface area contributed by atoms with Gasteiger partial charge in [-0.2, -0.15) is 8.42 Å². The Bertz CT molecular complexity index is 657. The van der Waals surface area contributed by atoms with Gasteiger partial charge >= 0.3 is 0 Å². The van der Waals surface area contributed by atoms with Gasteiger partial charge in [-0.1, -0.05) is 6.07 Å². The van der Waals surface area contributed by atoms with Crippen LogP contribution >= 0.6 is 0 Å². The van der Waals surface area contributed by atoms with Crippen LogP contribution in [0.3, 0.4) is 0 Å². The molecule has 2 rings (SSSR count). The Morgan fingerprint density at radius 1 is 1.00 bits per heavy atom. The van der Waals surface area contributed by atoms with E-state index in [4.69, 9.17) is 4.55 Å². The van der Waals surface area contributed by atoms with Gasteiger partial charge in [-0.3, -0.25) is 4.55 Å². The highest BCUT2D eigenvalue weighted by atomic mass is 32.2.